The van der Waals surface area contributed by atoms with Crippen molar-refractivity contribution < 1.29 is 13.2 Å². The average molecular weight is 314 g/mol. The molecule has 1 aromatic heterocycles. The van der Waals surface area contributed by atoms with Gasteiger partial charge in [-0.25, -0.2) is 0 Å². The molecule has 3 N–H and O–H groups in total. The van der Waals surface area contributed by atoms with Crippen LogP contribution in [0.4, 0.5) is 13.2 Å². The van der Waals surface area contributed by atoms with Crippen LogP contribution in [0.3, 0.4) is 0 Å². The highest BCUT2D eigenvalue weighted by Crippen LogP contribution is 2.36. The van der Waals surface area contributed by atoms with Gasteiger partial charge >= 0.3 is 6.18 Å². The van der Waals surface area contributed by atoms with E-state index in [0.29, 0.717) is 4.90 Å². The Hall–Kier alpha value is -1.96. The second-order valence-corrected chi connectivity index (χ2v) is 5.56. The molecule has 0 fully saturated rings. The van der Waals surface area contributed by atoms with Gasteiger partial charge in [0.05, 0.1) is 16.3 Å². The van der Waals surface area contributed by atoms with Crippen LogP contribution in [0.15, 0.2) is 34.2 Å². The van der Waals surface area contributed by atoms with Crippen LogP contribution in [-0.2, 0) is 13.2 Å². The molecule has 0 radical (unpaired) electrons. The lowest BCUT2D eigenvalue weighted by Crippen LogP contribution is -2.18. The lowest BCUT2D eigenvalue weighted by molar-refractivity contribution is -0.137. The number of nitrogens with one attached hydrogen (secondary N) is 1. The number of benzene rings is 1. The largest absolute Gasteiger partial charge is 0.417 e. The van der Waals surface area contributed by atoms with Gasteiger partial charge in [0.1, 0.15) is 5.84 Å². The van der Waals surface area contributed by atoms with Crippen LogP contribution >= 0.6 is 11.8 Å². The summed E-state index contributed by atoms with van der Waals surface area (Å²) in [5, 5.41) is 12.1. The van der Waals surface area contributed by atoms with Crippen molar-refractivity contribution in [3.8, 4) is 0 Å². The van der Waals surface area contributed by atoms with E-state index >= 15 is 0 Å². The topological polar surface area (TPSA) is 67.7 Å². The monoisotopic (exact) mass is 314 g/mol. The van der Waals surface area contributed by atoms with Crippen molar-refractivity contribution >= 4 is 17.6 Å². The van der Waals surface area contributed by atoms with E-state index in [-0.39, 0.29) is 5.56 Å². The normalized spacial score (nSPS) is 11.7. The van der Waals surface area contributed by atoms with Gasteiger partial charge in [-0.3, -0.25) is 10.1 Å². The summed E-state index contributed by atoms with van der Waals surface area (Å²) < 4.78 is 40.7. The molecule has 21 heavy (non-hydrogen) atoms. The molecule has 2 rings (SSSR count). The lowest BCUT2D eigenvalue weighted by atomic mass is 10.1. The van der Waals surface area contributed by atoms with Crippen molar-refractivity contribution in [3.05, 3.63) is 41.1 Å². The number of nitrogen functional groups attached to an aromatic ring is 1. The zero-order chi connectivity index (χ0) is 15.8. The van der Waals surface area contributed by atoms with Gasteiger partial charge in [-0.05, 0) is 31.2 Å². The number of nitrogens with two attached hydrogens (primary N) is 1. The predicted molar refractivity (Wildman–Crippen MR) is 74.5 cm³/mol. The number of hydrogen-bond acceptors (Lipinski definition) is 3. The molecule has 0 spiro atoms. The van der Waals surface area contributed by atoms with Crippen LogP contribution in [-0.4, -0.2) is 15.6 Å². The first kappa shape index (κ1) is 15.4. The predicted octanol–water partition coefficient (Wildman–Crippen LogP) is 3.18. The zero-order valence-corrected chi connectivity index (χ0v) is 12.1. The van der Waals surface area contributed by atoms with Crippen molar-refractivity contribution in [1.82, 2.24) is 9.78 Å². The molecule has 8 heteroatoms. The molecule has 0 aliphatic heterocycles. The number of nitrogens with zero attached hydrogens (tertiary/aromatic N) is 2. The number of aromatic nitrogens is 2. The van der Waals surface area contributed by atoms with Gasteiger partial charge in [0.15, 0.2) is 0 Å². The van der Waals surface area contributed by atoms with Gasteiger partial charge in [0.2, 0.25) is 0 Å². The van der Waals surface area contributed by atoms with E-state index in [1.165, 1.54) is 23.9 Å². The van der Waals surface area contributed by atoms with E-state index in [0.717, 1.165) is 16.8 Å². The number of halogens is 3. The fourth-order valence-electron chi connectivity index (χ4n) is 1.86. The Morgan fingerprint density at radius 3 is 2.48 bits per heavy atom. The van der Waals surface area contributed by atoms with E-state index in [1.807, 2.05) is 6.92 Å². The highest BCUT2D eigenvalue weighted by molar-refractivity contribution is 7.99. The van der Waals surface area contributed by atoms with Crippen molar-refractivity contribution in [3.63, 3.8) is 0 Å². The second-order valence-electron chi connectivity index (χ2n) is 4.47. The number of hydrogen-bond donors (Lipinski definition) is 2. The van der Waals surface area contributed by atoms with Crippen LogP contribution in [0, 0.1) is 12.3 Å². The number of alkyl halides is 3. The molecular weight excluding hydrogens is 301 g/mol. The minimum atomic E-state index is -4.56. The minimum Gasteiger partial charge on any atom is -0.384 e. The molecule has 1 aromatic carbocycles. The van der Waals surface area contributed by atoms with E-state index in [1.54, 1.807) is 17.8 Å². The Balaban J connectivity index is 2.43. The van der Waals surface area contributed by atoms with Crippen LogP contribution in [0.1, 0.15) is 16.8 Å². The summed E-state index contributed by atoms with van der Waals surface area (Å²) in [5.41, 5.74) is 4.78. The van der Waals surface area contributed by atoms with Gasteiger partial charge in [0.25, 0.3) is 0 Å². The quantitative estimate of drug-likeness (QED) is 0.675. The maximum Gasteiger partial charge on any atom is 0.417 e. The Bertz CT molecular complexity index is 691. The Labute approximate surface area is 123 Å². The SMILES string of the molecule is Cc1cc(Sc2ccc(C(=N)N)c(C(F)(F)F)c2)n(C)n1. The minimum absolute atomic E-state index is 0.312. The van der Waals surface area contributed by atoms with Crippen LogP contribution < -0.4 is 5.73 Å². The third-order valence-corrected chi connectivity index (χ3v) is 3.85. The number of aryl methyl sites for hydroxylation is 2. The summed E-state index contributed by atoms with van der Waals surface area (Å²) in [6.07, 6.45) is -4.56. The molecule has 0 saturated carbocycles. The summed E-state index contributed by atoms with van der Waals surface area (Å²) in [4.78, 5) is 0.412. The molecule has 4 nitrogen and oxygen atoms in total. The highest BCUT2D eigenvalue weighted by atomic mass is 32.2. The Morgan fingerprint density at radius 2 is 2.00 bits per heavy atom. The number of amidine groups is 1. The Morgan fingerprint density at radius 1 is 1.33 bits per heavy atom. The van der Waals surface area contributed by atoms with Crippen LogP contribution in [0.2, 0.25) is 0 Å². The summed E-state index contributed by atoms with van der Waals surface area (Å²) in [6.45, 7) is 1.81. The van der Waals surface area contributed by atoms with Gasteiger partial charge in [-0.15, -0.1) is 0 Å². The first-order chi connectivity index (χ1) is 9.68. The van der Waals surface area contributed by atoms with Crippen molar-refractivity contribution in [1.29, 1.82) is 5.41 Å². The molecule has 0 bridgehead atoms. The molecular formula is C13H13F3N4S. The highest BCUT2D eigenvalue weighted by Gasteiger charge is 2.34. The summed E-state index contributed by atoms with van der Waals surface area (Å²) in [7, 11) is 1.73. The smallest absolute Gasteiger partial charge is 0.384 e. The third-order valence-electron chi connectivity index (χ3n) is 2.77. The van der Waals surface area contributed by atoms with Crippen LogP contribution in [0.25, 0.3) is 0 Å². The fourth-order valence-corrected chi connectivity index (χ4v) is 2.82. The summed E-state index contributed by atoms with van der Waals surface area (Å²) in [6, 6.07) is 5.52. The molecule has 112 valence electrons. The lowest BCUT2D eigenvalue weighted by Gasteiger charge is -2.13. The molecule has 0 aliphatic carbocycles. The second kappa shape index (κ2) is 5.44. The van der Waals surface area contributed by atoms with Crippen molar-refractivity contribution in [2.24, 2.45) is 12.8 Å². The molecule has 0 aliphatic rings. The van der Waals surface area contributed by atoms with E-state index < -0.39 is 17.6 Å². The molecule has 0 saturated heterocycles. The maximum absolute atomic E-state index is 13.0. The average Bonchev–Trinajstić information content (AvgIpc) is 2.66. The fraction of sp³-hybridized carbons (Fsp3) is 0.231. The summed E-state index contributed by atoms with van der Waals surface area (Å²) >= 11 is 1.17. The molecule has 0 amide bonds. The Kier molecular flexibility index (Phi) is 3.99. The van der Waals surface area contributed by atoms with E-state index in [9.17, 15) is 13.2 Å². The zero-order valence-electron chi connectivity index (χ0n) is 11.3. The molecule has 0 unspecified atom stereocenters. The van der Waals surface area contributed by atoms with Gasteiger partial charge < -0.3 is 5.73 Å². The molecule has 1 heterocycles. The van der Waals surface area contributed by atoms with Gasteiger partial charge in [-0.1, -0.05) is 11.8 Å². The van der Waals surface area contributed by atoms with E-state index in [4.69, 9.17) is 11.1 Å². The van der Waals surface area contributed by atoms with Crippen molar-refractivity contribution in [2.45, 2.75) is 23.0 Å². The van der Waals surface area contributed by atoms with Crippen molar-refractivity contribution in [2.75, 3.05) is 0 Å². The standard InChI is InChI=1S/C13H13F3N4S/c1-7-5-11(20(2)19-7)21-8-3-4-9(12(17)18)10(6-8)13(14,15)16/h3-6H,1-2H3,(H3,17,18). The van der Waals surface area contributed by atoms with Crippen LogP contribution in [0.5, 0.6) is 0 Å². The van der Waals surface area contributed by atoms with Gasteiger partial charge in [0, 0.05) is 17.5 Å². The maximum atomic E-state index is 13.0. The van der Waals surface area contributed by atoms with Gasteiger partial charge in [-0.2, -0.15) is 18.3 Å². The van der Waals surface area contributed by atoms with E-state index in [2.05, 4.69) is 5.10 Å². The first-order valence-electron chi connectivity index (χ1n) is 5.92. The summed E-state index contributed by atoms with van der Waals surface area (Å²) in [5.74, 6) is -0.602. The molecule has 0 atom stereocenters. The molecule has 2 aromatic rings. The first-order valence-corrected chi connectivity index (χ1v) is 6.74. The number of rotatable bonds is 3. The third kappa shape index (κ3) is 3.38.